The Hall–Kier alpha value is -3.19. The average molecular weight is 488 g/mol. The van der Waals surface area contributed by atoms with Crippen molar-refractivity contribution in [1.82, 2.24) is 14.9 Å². The van der Waals surface area contributed by atoms with Gasteiger partial charge in [-0.05, 0) is 37.6 Å². The van der Waals surface area contributed by atoms with Crippen LogP contribution in [-0.2, 0) is 0 Å². The minimum absolute atomic E-state index is 0.510. The van der Waals surface area contributed by atoms with Gasteiger partial charge in [0.15, 0.2) is 0 Å². The molecule has 3 aromatic carbocycles. The zero-order valence-corrected chi connectivity index (χ0v) is 20.8. The molecule has 0 amide bonds. The van der Waals surface area contributed by atoms with Crippen LogP contribution in [0.2, 0.25) is 5.02 Å². The van der Waals surface area contributed by atoms with E-state index in [-0.39, 0.29) is 0 Å². The number of nitrogens with zero attached hydrogens (tertiary/aromatic N) is 4. The van der Waals surface area contributed by atoms with Crippen molar-refractivity contribution in [3.05, 3.63) is 77.9 Å². The molecule has 7 heteroatoms. The molecule has 0 radical (unpaired) electrons. The monoisotopic (exact) mass is 487 g/mol. The molecule has 0 saturated carbocycles. The molecular formula is C28H30ClN5O. The molecule has 35 heavy (non-hydrogen) atoms. The van der Waals surface area contributed by atoms with Gasteiger partial charge in [-0.15, -0.1) is 0 Å². The molecule has 180 valence electrons. The molecule has 0 atom stereocenters. The molecule has 1 aliphatic rings. The van der Waals surface area contributed by atoms with E-state index >= 15 is 0 Å². The molecule has 1 aromatic heterocycles. The van der Waals surface area contributed by atoms with E-state index in [1.807, 2.05) is 62.5 Å². The third kappa shape index (κ3) is 5.56. The van der Waals surface area contributed by atoms with E-state index in [9.17, 15) is 5.11 Å². The topological polar surface area (TPSA) is 64.5 Å². The number of hydrogen-bond donors (Lipinski definition) is 2. The van der Waals surface area contributed by atoms with E-state index in [0.29, 0.717) is 17.5 Å². The van der Waals surface area contributed by atoms with Crippen LogP contribution in [0.4, 0.5) is 17.3 Å². The van der Waals surface area contributed by atoms with Gasteiger partial charge in [-0.25, -0.2) is 9.97 Å². The Morgan fingerprint density at radius 2 is 1.74 bits per heavy atom. The number of benzene rings is 3. The number of rotatable bonds is 6. The van der Waals surface area contributed by atoms with Crippen LogP contribution in [0, 0.1) is 0 Å². The van der Waals surface area contributed by atoms with E-state index in [1.165, 1.54) is 0 Å². The molecule has 1 aliphatic heterocycles. The fourth-order valence-corrected chi connectivity index (χ4v) is 4.82. The largest absolute Gasteiger partial charge is 0.389 e. The number of hydrogen-bond acceptors (Lipinski definition) is 6. The fourth-order valence-electron chi connectivity index (χ4n) is 4.60. The molecule has 6 nitrogen and oxygen atoms in total. The zero-order chi connectivity index (χ0) is 24.4. The summed E-state index contributed by atoms with van der Waals surface area (Å²) in [6.07, 6.45) is 1.84. The van der Waals surface area contributed by atoms with Gasteiger partial charge >= 0.3 is 0 Å². The van der Waals surface area contributed by atoms with Gasteiger partial charge < -0.3 is 15.3 Å². The molecule has 0 unspecified atom stereocenters. The number of piperazine rings is 1. The second-order valence-electron chi connectivity index (χ2n) is 9.67. The van der Waals surface area contributed by atoms with Crippen LogP contribution in [0.25, 0.3) is 22.0 Å². The van der Waals surface area contributed by atoms with E-state index in [0.717, 1.165) is 59.6 Å². The number of para-hydroxylation sites is 1. The molecule has 0 spiro atoms. The lowest BCUT2D eigenvalue weighted by molar-refractivity contribution is 0.0345. The highest BCUT2D eigenvalue weighted by Gasteiger charge is 2.23. The molecule has 2 N–H and O–H groups in total. The van der Waals surface area contributed by atoms with Crippen molar-refractivity contribution in [2.45, 2.75) is 19.4 Å². The third-order valence-electron chi connectivity index (χ3n) is 6.24. The number of aliphatic hydroxyl groups is 1. The van der Waals surface area contributed by atoms with Crippen molar-refractivity contribution in [1.29, 1.82) is 0 Å². The number of nitrogens with one attached hydrogen (secondary N) is 1. The van der Waals surface area contributed by atoms with E-state index in [2.05, 4.69) is 44.4 Å². The van der Waals surface area contributed by atoms with Crippen LogP contribution >= 0.6 is 11.6 Å². The molecule has 2 heterocycles. The lowest BCUT2D eigenvalue weighted by Gasteiger charge is -2.38. The zero-order valence-electron chi connectivity index (χ0n) is 20.1. The highest BCUT2D eigenvalue weighted by molar-refractivity contribution is 6.33. The van der Waals surface area contributed by atoms with Gasteiger partial charge in [-0.2, -0.15) is 0 Å². The first kappa shape index (κ1) is 23.5. The minimum Gasteiger partial charge on any atom is -0.389 e. The predicted molar refractivity (Wildman–Crippen MR) is 145 cm³/mol. The molecule has 1 fully saturated rings. The van der Waals surface area contributed by atoms with Crippen molar-refractivity contribution >= 4 is 39.8 Å². The summed E-state index contributed by atoms with van der Waals surface area (Å²) < 4.78 is 0. The van der Waals surface area contributed by atoms with Crippen molar-refractivity contribution in [2.24, 2.45) is 0 Å². The van der Waals surface area contributed by atoms with E-state index < -0.39 is 5.60 Å². The van der Waals surface area contributed by atoms with Gasteiger partial charge in [0.05, 0.1) is 21.8 Å². The second-order valence-corrected chi connectivity index (χ2v) is 10.1. The molecule has 1 saturated heterocycles. The maximum Gasteiger partial charge on any atom is 0.227 e. The summed E-state index contributed by atoms with van der Waals surface area (Å²) in [5, 5.41) is 15.0. The average Bonchev–Trinajstić information content (AvgIpc) is 2.85. The minimum atomic E-state index is -0.675. The van der Waals surface area contributed by atoms with Crippen molar-refractivity contribution in [3.63, 3.8) is 0 Å². The Bertz CT molecular complexity index is 1310. The van der Waals surface area contributed by atoms with Crippen LogP contribution in [0.15, 0.2) is 72.9 Å². The second kappa shape index (κ2) is 9.82. The smallest absolute Gasteiger partial charge is 0.227 e. The summed E-state index contributed by atoms with van der Waals surface area (Å²) in [6, 6.07) is 22.4. The highest BCUT2D eigenvalue weighted by Crippen LogP contribution is 2.31. The number of fused-ring (bicyclic) bond motifs is 1. The van der Waals surface area contributed by atoms with Crippen LogP contribution in [0.5, 0.6) is 0 Å². The Labute approximate surface area is 211 Å². The molecular weight excluding hydrogens is 458 g/mol. The summed E-state index contributed by atoms with van der Waals surface area (Å²) >= 11 is 6.67. The third-order valence-corrected chi connectivity index (χ3v) is 6.56. The number of halogens is 1. The standard InChI is InChI=1S/C28H30ClN5O/c1-28(2,35)19-33-13-15-34(16-14-33)22-11-12-25(24(29)17-22)31-27-30-18-21-9-6-10-23(26(21)32-27)20-7-4-3-5-8-20/h3-12,17-18,35H,13-16,19H2,1-2H3,(H,30,31,32). The predicted octanol–water partition coefficient (Wildman–Crippen LogP) is 5.59. The summed E-state index contributed by atoms with van der Waals surface area (Å²) in [6.45, 7) is 8.01. The normalized spacial score (nSPS) is 14.9. The van der Waals surface area contributed by atoms with Crippen LogP contribution < -0.4 is 10.2 Å². The molecule has 0 bridgehead atoms. The van der Waals surface area contributed by atoms with Gasteiger partial charge in [-0.1, -0.05) is 60.1 Å². The van der Waals surface area contributed by atoms with E-state index in [1.54, 1.807) is 0 Å². The van der Waals surface area contributed by atoms with Crippen molar-refractivity contribution < 1.29 is 5.11 Å². The maximum atomic E-state index is 10.1. The van der Waals surface area contributed by atoms with Gasteiger partial charge in [0.25, 0.3) is 0 Å². The first-order chi connectivity index (χ1) is 16.9. The van der Waals surface area contributed by atoms with Gasteiger partial charge in [0, 0.05) is 55.6 Å². The van der Waals surface area contributed by atoms with Gasteiger partial charge in [0.1, 0.15) is 0 Å². The maximum absolute atomic E-state index is 10.1. The summed E-state index contributed by atoms with van der Waals surface area (Å²) in [5.74, 6) is 0.510. The number of β-amino-alcohol motifs (C(OH)–C–C–N with tert-alkyl or cyclic N) is 1. The molecule has 4 aromatic rings. The first-order valence-corrected chi connectivity index (χ1v) is 12.3. The van der Waals surface area contributed by atoms with Crippen LogP contribution in [0.3, 0.4) is 0 Å². The summed E-state index contributed by atoms with van der Waals surface area (Å²) in [4.78, 5) is 14.0. The Balaban J connectivity index is 1.33. The Morgan fingerprint density at radius 3 is 2.46 bits per heavy atom. The Kier molecular flexibility index (Phi) is 6.60. The van der Waals surface area contributed by atoms with Crippen molar-refractivity contribution in [3.8, 4) is 11.1 Å². The molecule has 5 rings (SSSR count). The molecule has 0 aliphatic carbocycles. The summed E-state index contributed by atoms with van der Waals surface area (Å²) in [7, 11) is 0. The lowest BCUT2D eigenvalue weighted by Crippen LogP contribution is -2.50. The van der Waals surface area contributed by atoms with Gasteiger partial charge in [-0.3, -0.25) is 4.90 Å². The SMILES string of the molecule is CC(C)(O)CN1CCN(c2ccc(Nc3ncc4cccc(-c5ccccc5)c4n3)c(Cl)c2)CC1. The van der Waals surface area contributed by atoms with E-state index in [4.69, 9.17) is 16.6 Å². The van der Waals surface area contributed by atoms with Crippen LogP contribution in [0.1, 0.15) is 13.8 Å². The number of aromatic nitrogens is 2. The van der Waals surface area contributed by atoms with Crippen LogP contribution in [-0.4, -0.2) is 58.3 Å². The Morgan fingerprint density at radius 1 is 0.971 bits per heavy atom. The summed E-state index contributed by atoms with van der Waals surface area (Å²) in [5.41, 5.74) is 4.27. The van der Waals surface area contributed by atoms with Gasteiger partial charge in [0.2, 0.25) is 5.95 Å². The van der Waals surface area contributed by atoms with Crippen molar-refractivity contribution in [2.75, 3.05) is 42.9 Å². The first-order valence-electron chi connectivity index (χ1n) is 11.9. The quantitative estimate of drug-likeness (QED) is 0.370. The number of anilines is 3. The lowest BCUT2D eigenvalue weighted by atomic mass is 10.0. The highest BCUT2D eigenvalue weighted by atomic mass is 35.5. The fraction of sp³-hybridized carbons (Fsp3) is 0.286.